The van der Waals surface area contributed by atoms with E-state index in [1.165, 1.54) is 0 Å². The Balaban J connectivity index is 2.01. The molecule has 0 aliphatic heterocycles. The molecule has 1 fully saturated rings. The van der Waals surface area contributed by atoms with E-state index in [0.29, 0.717) is 11.7 Å². The van der Waals surface area contributed by atoms with E-state index >= 15 is 0 Å². The highest BCUT2D eigenvalue weighted by Crippen LogP contribution is 2.31. The van der Waals surface area contributed by atoms with E-state index in [0.717, 1.165) is 45.3 Å². The molecule has 2 heteroatoms. The maximum absolute atomic E-state index is 11.3. The van der Waals surface area contributed by atoms with Crippen LogP contribution in [0.25, 0.3) is 0 Å². The lowest BCUT2D eigenvalue weighted by molar-refractivity contribution is -0.120. The molecule has 13 heavy (non-hydrogen) atoms. The van der Waals surface area contributed by atoms with Crippen LogP contribution >= 0.6 is 0 Å². The molecule has 0 aromatic rings. The van der Waals surface area contributed by atoms with Gasteiger partial charge in [-0.2, -0.15) is 0 Å². The maximum Gasteiger partial charge on any atom is 0.136 e. The number of carbonyl (C=O) groups excluding carboxylic acids is 1. The summed E-state index contributed by atoms with van der Waals surface area (Å²) in [5.74, 6) is 0.962. The van der Waals surface area contributed by atoms with Crippen LogP contribution in [-0.4, -0.2) is 30.3 Å². The van der Waals surface area contributed by atoms with Gasteiger partial charge in [-0.25, -0.2) is 0 Å². The number of hydrogen-bond donors (Lipinski definition) is 0. The van der Waals surface area contributed by atoms with E-state index in [2.05, 4.69) is 18.7 Å². The van der Waals surface area contributed by atoms with Crippen molar-refractivity contribution in [3.05, 3.63) is 0 Å². The molecule has 1 saturated carbocycles. The van der Waals surface area contributed by atoms with Gasteiger partial charge in [-0.05, 0) is 38.9 Å². The Bertz CT molecular complexity index is 159. The molecule has 0 spiro atoms. The van der Waals surface area contributed by atoms with Crippen molar-refractivity contribution in [3.8, 4) is 0 Å². The molecular formula is C11H21NO. The number of Topliss-reactive ketones (excluding diaryl/α,β-unsaturated/α-hetero) is 1. The van der Waals surface area contributed by atoms with E-state index in [4.69, 9.17) is 0 Å². The Morgan fingerprint density at radius 2 is 1.92 bits per heavy atom. The minimum Gasteiger partial charge on any atom is -0.304 e. The fourth-order valence-corrected chi connectivity index (χ4v) is 1.63. The topological polar surface area (TPSA) is 20.3 Å². The molecule has 0 saturated heterocycles. The molecule has 0 unspecified atom stereocenters. The summed E-state index contributed by atoms with van der Waals surface area (Å²) in [6.45, 7) is 7.64. The molecule has 1 aliphatic rings. The molecule has 2 nitrogen and oxygen atoms in total. The average Bonchev–Trinajstić information content (AvgIpc) is 2.95. The molecular weight excluding hydrogens is 162 g/mol. The molecule has 0 amide bonds. The fourth-order valence-electron chi connectivity index (χ4n) is 1.63. The predicted octanol–water partition coefficient (Wildman–Crippen LogP) is 2.09. The first kappa shape index (κ1) is 10.7. The standard InChI is InChI=1S/C11H21NO/c1-3-12(4-2)9-5-6-11(13)10-7-8-10/h10H,3-9H2,1-2H3. The summed E-state index contributed by atoms with van der Waals surface area (Å²) in [6, 6.07) is 0. The Hall–Kier alpha value is -0.370. The van der Waals surface area contributed by atoms with Crippen LogP contribution in [0, 0.1) is 5.92 Å². The zero-order valence-corrected chi connectivity index (χ0v) is 8.88. The van der Waals surface area contributed by atoms with E-state index < -0.39 is 0 Å². The van der Waals surface area contributed by atoms with Gasteiger partial charge in [-0.1, -0.05) is 13.8 Å². The van der Waals surface area contributed by atoms with Crippen LogP contribution in [0.1, 0.15) is 39.5 Å². The highest BCUT2D eigenvalue weighted by Gasteiger charge is 2.28. The quantitative estimate of drug-likeness (QED) is 0.602. The van der Waals surface area contributed by atoms with Gasteiger partial charge in [-0.15, -0.1) is 0 Å². The number of ketones is 1. The summed E-state index contributed by atoms with van der Waals surface area (Å²) >= 11 is 0. The minimum atomic E-state index is 0.455. The Kier molecular flexibility index (Phi) is 4.43. The second-order valence-corrected chi connectivity index (χ2v) is 3.87. The van der Waals surface area contributed by atoms with Gasteiger partial charge in [0.25, 0.3) is 0 Å². The normalized spacial score (nSPS) is 16.5. The first-order valence-electron chi connectivity index (χ1n) is 5.53. The second kappa shape index (κ2) is 5.38. The van der Waals surface area contributed by atoms with E-state index in [-0.39, 0.29) is 0 Å². The minimum absolute atomic E-state index is 0.455. The van der Waals surface area contributed by atoms with Crippen molar-refractivity contribution in [2.75, 3.05) is 19.6 Å². The highest BCUT2D eigenvalue weighted by atomic mass is 16.1. The third-order valence-electron chi connectivity index (χ3n) is 2.82. The van der Waals surface area contributed by atoms with Crippen LogP contribution in [0.5, 0.6) is 0 Å². The van der Waals surface area contributed by atoms with Crippen LogP contribution in [0.4, 0.5) is 0 Å². The first-order chi connectivity index (χ1) is 6.27. The van der Waals surface area contributed by atoms with Crippen molar-refractivity contribution in [2.24, 2.45) is 5.92 Å². The van der Waals surface area contributed by atoms with Crippen LogP contribution in [-0.2, 0) is 4.79 Å². The van der Waals surface area contributed by atoms with Gasteiger partial charge in [0.1, 0.15) is 5.78 Å². The smallest absolute Gasteiger partial charge is 0.136 e. The van der Waals surface area contributed by atoms with E-state index in [1.807, 2.05) is 0 Å². The van der Waals surface area contributed by atoms with Gasteiger partial charge < -0.3 is 4.90 Å². The van der Waals surface area contributed by atoms with Crippen LogP contribution in [0.3, 0.4) is 0 Å². The van der Waals surface area contributed by atoms with Gasteiger partial charge >= 0.3 is 0 Å². The van der Waals surface area contributed by atoms with Crippen molar-refractivity contribution in [1.82, 2.24) is 4.90 Å². The summed E-state index contributed by atoms with van der Waals surface area (Å²) in [7, 11) is 0. The van der Waals surface area contributed by atoms with Gasteiger partial charge in [0.2, 0.25) is 0 Å². The molecule has 0 radical (unpaired) electrons. The Labute approximate surface area is 81.3 Å². The molecule has 1 rings (SSSR count). The molecule has 76 valence electrons. The maximum atomic E-state index is 11.3. The van der Waals surface area contributed by atoms with Gasteiger partial charge in [0.15, 0.2) is 0 Å². The SMILES string of the molecule is CCN(CC)CCCC(=O)C1CC1. The van der Waals surface area contributed by atoms with Gasteiger partial charge in [-0.3, -0.25) is 4.79 Å². The summed E-state index contributed by atoms with van der Waals surface area (Å²) < 4.78 is 0. The molecule has 0 bridgehead atoms. The van der Waals surface area contributed by atoms with Gasteiger partial charge in [0.05, 0.1) is 0 Å². The van der Waals surface area contributed by atoms with Crippen molar-refractivity contribution in [2.45, 2.75) is 39.5 Å². The Morgan fingerprint density at radius 1 is 1.31 bits per heavy atom. The molecule has 0 N–H and O–H groups in total. The highest BCUT2D eigenvalue weighted by molar-refractivity contribution is 5.83. The van der Waals surface area contributed by atoms with Gasteiger partial charge in [0, 0.05) is 12.3 Å². The Morgan fingerprint density at radius 3 is 2.38 bits per heavy atom. The van der Waals surface area contributed by atoms with Crippen LogP contribution < -0.4 is 0 Å². The fraction of sp³-hybridized carbons (Fsp3) is 0.909. The second-order valence-electron chi connectivity index (χ2n) is 3.87. The zero-order chi connectivity index (χ0) is 9.68. The number of carbonyl (C=O) groups is 1. The molecule has 0 atom stereocenters. The van der Waals surface area contributed by atoms with E-state index in [9.17, 15) is 4.79 Å². The third kappa shape index (κ3) is 3.90. The lowest BCUT2D eigenvalue weighted by Crippen LogP contribution is -2.24. The largest absolute Gasteiger partial charge is 0.304 e. The molecule has 1 aliphatic carbocycles. The van der Waals surface area contributed by atoms with Crippen molar-refractivity contribution in [1.29, 1.82) is 0 Å². The number of hydrogen-bond acceptors (Lipinski definition) is 2. The van der Waals surface area contributed by atoms with Crippen LogP contribution in [0.15, 0.2) is 0 Å². The summed E-state index contributed by atoms with van der Waals surface area (Å²) in [6.07, 6.45) is 4.17. The van der Waals surface area contributed by atoms with Crippen molar-refractivity contribution in [3.63, 3.8) is 0 Å². The average molecular weight is 183 g/mol. The summed E-state index contributed by atoms with van der Waals surface area (Å²) in [5, 5.41) is 0. The lowest BCUT2D eigenvalue weighted by Gasteiger charge is -2.17. The number of rotatable bonds is 7. The van der Waals surface area contributed by atoms with Crippen molar-refractivity contribution < 1.29 is 4.79 Å². The molecule has 0 heterocycles. The number of nitrogens with zero attached hydrogens (tertiary/aromatic N) is 1. The lowest BCUT2D eigenvalue weighted by atomic mass is 10.1. The van der Waals surface area contributed by atoms with Crippen molar-refractivity contribution >= 4 is 5.78 Å². The molecule has 0 aromatic carbocycles. The van der Waals surface area contributed by atoms with Crippen LogP contribution in [0.2, 0.25) is 0 Å². The summed E-state index contributed by atoms with van der Waals surface area (Å²) in [5.41, 5.74) is 0. The van der Waals surface area contributed by atoms with E-state index in [1.54, 1.807) is 0 Å². The monoisotopic (exact) mass is 183 g/mol. The first-order valence-corrected chi connectivity index (χ1v) is 5.53. The zero-order valence-electron chi connectivity index (χ0n) is 8.88. The third-order valence-corrected chi connectivity index (χ3v) is 2.82. The molecule has 0 aromatic heterocycles. The predicted molar refractivity (Wildman–Crippen MR) is 54.8 cm³/mol. The summed E-state index contributed by atoms with van der Waals surface area (Å²) in [4.78, 5) is 13.7.